The fraction of sp³-hybridized carbons (Fsp3) is 0.391. The Bertz CT molecular complexity index is 794. The van der Waals surface area contributed by atoms with Crippen LogP contribution in [-0.2, 0) is 20.8 Å². The molecule has 5 heteroatoms. The first-order valence-corrected chi connectivity index (χ1v) is 9.72. The lowest BCUT2D eigenvalue weighted by atomic mass is 9.88. The number of allylic oxidation sites excluding steroid dienone is 2. The van der Waals surface area contributed by atoms with E-state index in [1.807, 2.05) is 36.4 Å². The molecule has 1 aromatic carbocycles. The third-order valence-corrected chi connectivity index (χ3v) is 5.21. The normalized spacial score (nSPS) is 22.5. The average Bonchev–Trinajstić information content (AvgIpc) is 2.95. The van der Waals surface area contributed by atoms with E-state index < -0.39 is 6.09 Å². The highest BCUT2D eigenvalue weighted by Gasteiger charge is 2.37. The molecule has 1 aliphatic heterocycles. The Hall–Kier alpha value is -2.82. The van der Waals surface area contributed by atoms with Crippen LogP contribution in [0.4, 0.5) is 4.79 Å². The minimum absolute atomic E-state index is 0.0177. The number of alkyl carbamates (subject to hydrolysis) is 1. The molecule has 1 saturated heterocycles. The first-order valence-electron chi connectivity index (χ1n) is 9.72. The largest absolute Gasteiger partial charge is 0.454 e. The van der Waals surface area contributed by atoms with Gasteiger partial charge in [-0.1, -0.05) is 48.6 Å². The van der Waals surface area contributed by atoms with Crippen molar-refractivity contribution in [3.63, 3.8) is 0 Å². The Morgan fingerprint density at radius 3 is 2.86 bits per heavy atom. The SMILES string of the molecule is C=C1C(=O)O[C@@H]2C=C(C)CCC=C(COC(=O)NCc3ccccc3)CC[C@H]12. The van der Waals surface area contributed by atoms with Gasteiger partial charge in [-0.25, -0.2) is 9.59 Å². The summed E-state index contributed by atoms with van der Waals surface area (Å²) in [5.41, 5.74) is 3.82. The number of benzene rings is 1. The molecule has 148 valence electrons. The molecular formula is C23H27NO4. The smallest absolute Gasteiger partial charge is 0.407 e. The van der Waals surface area contributed by atoms with Crippen LogP contribution in [0, 0.1) is 5.92 Å². The number of ether oxygens (including phenoxy) is 2. The summed E-state index contributed by atoms with van der Waals surface area (Å²) >= 11 is 0. The number of esters is 1. The van der Waals surface area contributed by atoms with E-state index in [2.05, 4.69) is 24.9 Å². The molecule has 1 fully saturated rings. The zero-order chi connectivity index (χ0) is 19.9. The summed E-state index contributed by atoms with van der Waals surface area (Å²) in [5, 5.41) is 2.77. The Morgan fingerprint density at radius 1 is 1.29 bits per heavy atom. The van der Waals surface area contributed by atoms with E-state index in [-0.39, 0.29) is 24.6 Å². The van der Waals surface area contributed by atoms with E-state index in [0.717, 1.165) is 36.8 Å². The van der Waals surface area contributed by atoms with Gasteiger partial charge in [0.2, 0.25) is 0 Å². The summed E-state index contributed by atoms with van der Waals surface area (Å²) in [5.74, 6) is -0.323. The number of nitrogens with one attached hydrogen (secondary N) is 1. The van der Waals surface area contributed by atoms with Crippen molar-refractivity contribution in [1.82, 2.24) is 5.32 Å². The summed E-state index contributed by atoms with van der Waals surface area (Å²) in [6.45, 7) is 6.64. The van der Waals surface area contributed by atoms with E-state index in [1.54, 1.807) is 0 Å². The second kappa shape index (κ2) is 9.40. The van der Waals surface area contributed by atoms with Gasteiger partial charge in [-0.15, -0.1) is 0 Å². The highest BCUT2D eigenvalue weighted by atomic mass is 16.6. The van der Waals surface area contributed by atoms with Gasteiger partial charge in [0.15, 0.2) is 0 Å². The van der Waals surface area contributed by atoms with Gasteiger partial charge in [-0.3, -0.25) is 0 Å². The van der Waals surface area contributed by atoms with Crippen molar-refractivity contribution >= 4 is 12.1 Å². The Labute approximate surface area is 166 Å². The van der Waals surface area contributed by atoms with Gasteiger partial charge in [0.05, 0.1) is 0 Å². The topological polar surface area (TPSA) is 64.6 Å². The van der Waals surface area contributed by atoms with Gasteiger partial charge in [0.25, 0.3) is 0 Å². The predicted molar refractivity (Wildman–Crippen MR) is 107 cm³/mol. The number of amides is 1. The van der Waals surface area contributed by atoms with Gasteiger partial charge >= 0.3 is 12.1 Å². The monoisotopic (exact) mass is 381 g/mol. The Balaban J connectivity index is 1.54. The minimum Gasteiger partial charge on any atom is -0.454 e. The molecule has 0 aromatic heterocycles. The van der Waals surface area contributed by atoms with Gasteiger partial charge < -0.3 is 14.8 Å². The minimum atomic E-state index is -0.431. The molecule has 3 rings (SSSR count). The first-order chi connectivity index (χ1) is 13.5. The van der Waals surface area contributed by atoms with Gasteiger partial charge in [-0.05, 0) is 49.8 Å². The number of hydrogen-bond acceptors (Lipinski definition) is 4. The molecule has 1 N–H and O–H groups in total. The molecule has 1 aromatic rings. The number of carbonyl (C=O) groups excluding carboxylic acids is 2. The summed E-state index contributed by atoms with van der Waals surface area (Å²) < 4.78 is 10.9. The standard InChI is InChI=1S/C23H27NO4/c1-16-7-6-10-19(11-12-20-17(2)22(25)28-21(20)13-16)15-27-23(26)24-14-18-8-4-3-5-9-18/h3-5,8-10,13,20-21H,2,6-7,11-12,14-15H2,1H3,(H,24,26)/t20-,21-/m1/s1. The van der Waals surface area contributed by atoms with Crippen LogP contribution >= 0.6 is 0 Å². The third-order valence-electron chi connectivity index (χ3n) is 5.21. The first kappa shape index (κ1) is 19.9. The molecule has 28 heavy (non-hydrogen) atoms. The average molecular weight is 381 g/mol. The van der Waals surface area contributed by atoms with Crippen molar-refractivity contribution in [3.8, 4) is 0 Å². The van der Waals surface area contributed by atoms with E-state index in [4.69, 9.17) is 9.47 Å². The van der Waals surface area contributed by atoms with Crippen LogP contribution in [0.1, 0.15) is 38.2 Å². The van der Waals surface area contributed by atoms with E-state index in [9.17, 15) is 9.59 Å². The maximum absolute atomic E-state index is 12.0. The lowest BCUT2D eigenvalue weighted by molar-refractivity contribution is -0.137. The maximum atomic E-state index is 12.0. The third kappa shape index (κ3) is 5.35. The molecule has 2 atom stereocenters. The van der Waals surface area contributed by atoms with Gasteiger partial charge in [0.1, 0.15) is 12.7 Å². The second-order valence-corrected chi connectivity index (χ2v) is 7.37. The molecule has 1 amide bonds. The molecule has 0 saturated carbocycles. The second-order valence-electron chi connectivity index (χ2n) is 7.37. The highest BCUT2D eigenvalue weighted by Crippen LogP contribution is 2.34. The molecule has 5 nitrogen and oxygen atoms in total. The van der Waals surface area contributed by atoms with E-state index in [1.165, 1.54) is 5.57 Å². The zero-order valence-electron chi connectivity index (χ0n) is 16.3. The molecule has 1 aliphatic carbocycles. The van der Waals surface area contributed by atoms with E-state index in [0.29, 0.717) is 12.1 Å². The van der Waals surface area contributed by atoms with Crippen LogP contribution in [-0.4, -0.2) is 24.8 Å². The predicted octanol–water partition coefficient (Wildman–Crippen LogP) is 4.46. The molecular weight excluding hydrogens is 354 g/mol. The maximum Gasteiger partial charge on any atom is 0.407 e. The van der Waals surface area contributed by atoms with Crippen LogP contribution in [0.3, 0.4) is 0 Å². The lowest BCUT2D eigenvalue weighted by Gasteiger charge is -2.18. The summed E-state index contributed by atoms with van der Waals surface area (Å²) in [6, 6.07) is 9.71. The van der Waals surface area contributed by atoms with Crippen molar-refractivity contribution in [3.05, 3.63) is 71.3 Å². The van der Waals surface area contributed by atoms with Crippen LogP contribution in [0.25, 0.3) is 0 Å². The van der Waals surface area contributed by atoms with E-state index >= 15 is 0 Å². The fourth-order valence-electron chi connectivity index (χ4n) is 3.54. The molecule has 0 spiro atoms. The summed E-state index contributed by atoms with van der Waals surface area (Å²) in [4.78, 5) is 23.9. The fourth-order valence-corrected chi connectivity index (χ4v) is 3.54. The summed E-state index contributed by atoms with van der Waals surface area (Å²) in [7, 11) is 0. The van der Waals surface area contributed by atoms with Crippen molar-refractivity contribution < 1.29 is 19.1 Å². The zero-order valence-corrected chi connectivity index (χ0v) is 16.3. The van der Waals surface area contributed by atoms with Crippen LogP contribution in [0.15, 0.2) is 65.8 Å². The molecule has 0 radical (unpaired) electrons. The van der Waals surface area contributed by atoms with Crippen LogP contribution in [0.5, 0.6) is 0 Å². The molecule has 0 bridgehead atoms. The van der Waals surface area contributed by atoms with Crippen molar-refractivity contribution in [1.29, 1.82) is 0 Å². The number of rotatable bonds is 4. The quantitative estimate of drug-likeness (QED) is 0.475. The highest BCUT2D eigenvalue weighted by molar-refractivity contribution is 5.91. The van der Waals surface area contributed by atoms with Gasteiger partial charge in [-0.2, -0.15) is 0 Å². The van der Waals surface area contributed by atoms with Crippen LogP contribution < -0.4 is 5.32 Å². The van der Waals surface area contributed by atoms with Crippen molar-refractivity contribution in [2.75, 3.05) is 6.61 Å². The van der Waals surface area contributed by atoms with Crippen molar-refractivity contribution in [2.24, 2.45) is 5.92 Å². The number of fused-ring (bicyclic) bond motifs is 1. The molecule has 1 heterocycles. The molecule has 2 aliphatic rings. The Kier molecular flexibility index (Phi) is 6.69. The van der Waals surface area contributed by atoms with Crippen LogP contribution in [0.2, 0.25) is 0 Å². The molecule has 0 unspecified atom stereocenters. The number of hydrogen-bond donors (Lipinski definition) is 1. The Morgan fingerprint density at radius 2 is 2.07 bits per heavy atom. The van der Waals surface area contributed by atoms with Crippen molar-refractivity contribution in [2.45, 2.75) is 45.3 Å². The summed E-state index contributed by atoms with van der Waals surface area (Å²) in [6.07, 6.45) is 6.79. The van der Waals surface area contributed by atoms with Gasteiger partial charge in [0, 0.05) is 18.0 Å². The number of carbonyl (C=O) groups is 2. The lowest BCUT2D eigenvalue weighted by Crippen LogP contribution is -2.24.